The van der Waals surface area contributed by atoms with E-state index in [9.17, 15) is 8.78 Å². The summed E-state index contributed by atoms with van der Waals surface area (Å²) in [7, 11) is 0. The molecular formula is C9H8ClF2N3. The molecule has 2 rings (SSSR count). The molecule has 0 fully saturated rings. The number of halogens is 3. The zero-order chi connectivity index (χ0) is 11.1. The van der Waals surface area contributed by atoms with Gasteiger partial charge in [-0.3, -0.25) is 4.40 Å². The smallest absolute Gasteiger partial charge is 0.303 e. The number of imidazole rings is 1. The second-order valence-corrected chi connectivity index (χ2v) is 3.45. The summed E-state index contributed by atoms with van der Waals surface area (Å²) in [6, 6.07) is 4.92. The highest BCUT2D eigenvalue weighted by Gasteiger charge is 2.36. The molecule has 0 radical (unpaired) electrons. The quantitative estimate of drug-likeness (QED) is 0.860. The van der Waals surface area contributed by atoms with Crippen LogP contribution in [0.5, 0.6) is 0 Å². The number of alkyl halides is 2. The summed E-state index contributed by atoms with van der Waals surface area (Å²) in [5, 5.41) is -0.211. The summed E-state index contributed by atoms with van der Waals surface area (Å²) in [5.41, 5.74) is 5.03. The van der Waals surface area contributed by atoms with Gasteiger partial charge in [0.15, 0.2) is 5.15 Å². The average Bonchev–Trinajstić information content (AvgIpc) is 2.54. The Balaban J connectivity index is 2.74. The minimum absolute atomic E-state index is 0.211. The van der Waals surface area contributed by atoms with Crippen LogP contribution in [0, 0.1) is 0 Å². The summed E-state index contributed by atoms with van der Waals surface area (Å²) in [4.78, 5) is 3.82. The van der Waals surface area contributed by atoms with Crippen molar-refractivity contribution < 1.29 is 8.78 Å². The second-order valence-electron chi connectivity index (χ2n) is 3.09. The molecule has 2 N–H and O–H groups in total. The van der Waals surface area contributed by atoms with Gasteiger partial charge >= 0.3 is 5.92 Å². The van der Waals surface area contributed by atoms with E-state index in [4.69, 9.17) is 17.3 Å². The van der Waals surface area contributed by atoms with Gasteiger partial charge in [-0.15, -0.1) is 0 Å². The Kier molecular flexibility index (Phi) is 2.36. The van der Waals surface area contributed by atoms with Gasteiger partial charge in [0, 0.05) is 6.20 Å². The van der Waals surface area contributed by atoms with E-state index in [0.29, 0.717) is 5.65 Å². The predicted molar refractivity (Wildman–Crippen MR) is 53.2 cm³/mol. The first kappa shape index (κ1) is 10.3. The number of rotatable bonds is 2. The number of fused-ring (bicyclic) bond motifs is 1. The molecule has 0 aliphatic heterocycles. The molecule has 0 aliphatic rings. The Hall–Kier alpha value is -1.20. The Morgan fingerprint density at radius 3 is 2.87 bits per heavy atom. The van der Waals surface area contributed by atoms with Crippen LogP contribution in [-0.4, -0.2) is 15.9 Å². The molecule has 0 unspecified atom stereocenters. The van der Waals surface area contributed by atoms with Crippen LogP contribution in [-0.2, 0) is 5.92 Å². The Morgan fingerprint density at radius 2 is 2.20 bits per heavy atom. The van der Waals surface area contributed by atoms with Crippen molar-refractivity contribution in [3.8, 4) is 0 Å². The van der Waals surface area contributed by atoms with E-state index in [1.807, 2.05) is 0 Å². The van der Waals surface area contributed by atoms with Crippen LogP contribution in [0.15, 0.2) is 24.4 Å². The lowest BCUT2D eigenvalue weighted by Crippen LogP contribution is -2.27. The first-order valence-corrected chi connectivity index (χ1v) is 4.65. The maximum Gasteiger partial charge on any atom is 0.303 e. The fourth-order valence-electron chi connectivity index (χ4n) is 1.39. The molecule has 15 heavy (non-hydrogen) atoms. The molecule has 0 aliphatic carbocycles. The number of nitrogens with zero attached hydrogens (tertiary/aromatic N) is 2. The zero-order valence-corrected chi connectivity index (χ0v) is 8.38. The van der Waals surface area contributed by atoms with Crippen LogP contribution in [0.3, 0.4) is 0 Å². The van der Waals surface area contributed by atoms with Crippen LogP contribution in [0.25, 0.3) is 5.65 Å². The zero-order valence-electron chi connectivity index (χ0n) is 7.62. The van der Waals surface area contributed by atoms with Gasteiger partial charge in [0.1, 0.15) is 11.3 Å². The summed E-state index contributed by atoms with van der Waals surface area (Å²) in [5.74, 6) is -3.17. The lowest BCUT2D eigenvalue weighted by atomic mass is 10.2. The van der Waals surface area contributed by atoms with Crippen LogP contribution >= 0.6 is 11.6 Å². The summed E-state index contributed by atoms with van der Waals surface area (Å²) in [6.45, 7) is -0.796. The molecule has 0 atom stereocenters. The minimum atomic E-state index is -3.17. The number of aromatic nitrogens is 2. The van der Waals surface area contributed by atoms with Crippen molar-refractivity contribution in [3.05, 3.63) is 35.2 Å². The fraction of sp³-hybridized carbons (Fsp3) is 0.222. The normalized spacial score (nSPS) is 12.3. The molecule has 0 aromatic carbocycles. The Bertz CT molecular complexity index is 495. The van der Waals surface area contributed by atoms with Gasteiger partial charge in [-0.05, 0) is 12.1 Å². The highest BCUT2D eigenvalue weighted by Crippen LogP contribution is 2.32. The van der Waals surface area contributed by atoms with Gasteiger partial charge in [0.2, 0.25) is 0 Å². The second kappa shape index (κ2) is 3.43. The maximum atomic E-state index is 13.4. The van der Waals surface area contributed by atoms with Gasteiger partial charge in [-0.1, -0.05) is 17.7 Å². The summed E-state index contributed by atoms with van der Waals surface area (Å²) >= 11 is 5.66. The maximum absolute atomic E-state index is 13.4. The van der Waals surface area contributed by atoms with E-state index in [1.54, 1.807) is 18.2 Å². The molecule has 0 saturated carbocycles. The highest BCUT2D eigenvalue weighted by molar-refractivity contribution is 6.30. The molecule has 2 aromatic rings. The first-order chi connectivity index (χ1) is 7.06. The van der Waals surface area contributed by atoms with Crippen molar-refractivity contribution in [1.29, 1.82) is 0 Å². The molecular weight excluding hydrogens is 224 g/mol. The SMILES string of the molecule is NCC(F)(F)c1c(Cl)nc2ccccn12. The Morgan fingerprint density at radius 1 is 1.47 bits per heavy atom. The van der Waals surface area contributed by atoms with Crippen LogP contribution in [0.4, 0.5) is 8.78 Å². The van der Waals surface area contributed by atoms with Crippen molar-refractivity contribution >= 4 is 17.2 Å². The molecule has 80 valence electrons. The third-order valence-electron chi connectivity index (χ3n) is 2.09. The number of hydrogen-bond donors (Lipinski definition) is 1. The molecule has 3 nitrogen and oxygen atoms in total. The molecule has 0 bridgehead atoms. The molecule has 0 amide bonds. The topological polar surface area (TPSA) is 43.3 Å². The molecule has 0 saturated heterocycles. The van der Waals surface area contributed by atoms with Gasteiger partial charge in [-0.25, -0.2) is 4.98 Å². The van der Waals surface area contributed by atoms with E-state index in [1.165, 1.54) is 10.6 Å². The molecule has 2 aromatic heterocycles. The highest BCUT2D eigenvalue weighted by atomic mass is 35.5. The molecule has 2 heterocycles. The fourth-order valence-corrected chi connectivity index (χ4v) is 1.71. The summed E-state index contributed by atoms with van der Waals surface area (Å²) < 4.78 is 28.1. The molecule has 6 heteroatoms. The van der Waals surface area contributed by atoms with Gasteiger partial charge in [-0.2, -0.15) is 8.78 Å². The predicted octanol–water partition coefficient (Wildman–Crippen LogP) is 2.04. The van der Waals surface area contributed by atoms with Gasteiger partial charge in [0.05, 0.1) is 6.54 Å². The van der Waals surface area contributed by atoms with E-state index in [-0.39, 0.29) is 10.8 Å². The lowest BCUT2D eigenvalue weighted by molar-refractivity contribution is 0.000673. The third-order valence-corrected chi connectivity index (χ3v) is 2.35. The van der Waals surface area contributed by atoms with Gasteiger partial charge in [0.25, 0.3) is 0 Å². The van der Waals surface area contributed by atoms with Gasteiger partial charge < -0.3 is 5.73 Å². The van der Waals surface area contributed by atoms with E-state index in [2.05, 4.69) is 4.98 Å². The van der Waals surface area contributed by atoms with Crippen molar-refractivity contribution in [2.24, 2.45) is 5.73 Å². The minimum Gasteiger partial charge on any atom is -0.325 e. The van der Waals surface area contributed by atoms with E-state index in [0.717, 1.165) is 0 Å². The lowest BCUT2D eigenvalue weighted by Gasteiger charge is -2.13. The van der Waals surface area contributed by atoms with Crippen LogP contribution in [0.2, 0.25) is 5.15 Å². The van der Waals surface area contributed by atoms with Crippen molar-refractivity contribution in [2.75, 3.05) is 6.54 Å². The monoisotopic (exact) mass is 231 g/mol. The molecule has 0 spiro atoms. The van der Waals surface area contributed by atoms with E-state index < -0.39 is 12.5 Å². The van der Waals surface area contributed by atoms with Crippen molar-refractivity contribution in [2.45, 2.75) is 5.92 Å². The van der Waals surface area contributed by atoms with Crippen LogP contribution < -0.4 is 5.73 Å². The van der Waals surface area contributed by atoms with Crippen molar-refractivity contribution in [1.82, 2.24) is 9.38 Å². The third kappa shape index (κ3) is 1.57. The van der Waals surface area contributed by atoms with E-state index >= 15 is 0 Å². The Labute approximate surface area is 89.5 Å². The first-order valence-electron chi connectivity index (χ1n) is 4.27. The largest absolute Gasteiger partial charge is 0.325 e. The summed E-state index contributed by atoms with van der Waals surface area (Å²) in [6.07, 6.45) is 1.48. The average molecular weight is 232 g/mol. The van der Waals surface area contributed by atoms with Crippen molar-refractivity contribution in [3.63, 3.8) is 0 Å². The number of hydrogen-bond acceptors (Lipinski definition) is 2. The number of nitrogens with two attached hydrogens (primary N) is 1. The van der Waals surface area contributed by atoms with Crippen LogP contribution in [0.1, 0.15) is 5.69 Å². The standard InChI is InChI=1S/C9H8ClF2N3/c10-8-7(9(11,12)5-13)15-4-2-1-3-6(15)14-8/h1-4H,5,13H2. The number of pyridine rings is 1.